The Hall–Kier alpha value is -1.81. The Balaban J connectivity index is 1.77. The maximum Gasteiger partial charge on any atom is 0.251 e. The number of benzene rings is 1. The summed E-state index contributed by atoms with van der Waals surface area (Å²) in [5.41, 5.74) is 0.674. The van der Waals surface area contributed by atoms with Gasteiger partial charge in [0.05, 0.1) is 16.6 Å². The van der Waals surface area contributed by atoms with Crippen LogP contribution in [0, 0.1) is 11.8 Å². The topological polar surface area (TPSA) is 81.2 Å². The number of fused-ring (bicyclic) bond motifs is 1. The Morgan fingerprint density at radius 1 is 1.21 bits per heavy atom. The number of anilines is 1. The molecule has 3 amide bonds. The lowest BCUT2D eigenvalue weighted by atomic mass is 9.70. The number of aliphatic hydroxyl groups excluding tert-OH is 1. The van der Waals surface area contributed by atoms with E-state index in [0.717, 1.165) is 6.42 Å². The van der Waals surface area contributed by atoms with Gasteiger partial charge in [-0.05, 0) is 49.9 Å². The van der Waals surface area contributed by atoms with E-state index in [1.807, 2.05) is 6.92 Å². The Morgan fingerprint density at radius 3 is 2.51 bits per heavy atom. The van der Waals surface area contributed by atoms with Crippen LogP contribution in [0.5, 0.6) is 0 Å². The summed E-state index contributed by atoms with van der Waals surface area (Å²) < 4.78 is -0.732. The summed E-state index contributed by atoms with van der Waals surface area (Å²) in [6.07, 6.45) is 5.91. The molecule has 2 bridgehead atoms. The van der Waals surface area contributed by atoms with Crippen LogP contribution < -0.4 is 4.90 Å². The number of hydrogen-bond donors (Lipinski definition) is 1. The van der Waals surface area contributed by atoms with E-state index in [1.54, 1.807) is 62.9 Å². The van der Waals surface area contributed by atoms with E-state index in [-0.39, 0.29) is 41.0 Å². The van der Waals surface area contributed by atoms with Crippen LogP contribution in [-0.2, 0) is 14.4 Å². The fourth-order valence-corrected chi connectivity index (χ4v) is 10.2. The van der Waals surface area contributed by atoms with Crippen LogP contribution in [0.15, 0.2) is 49.6 Å². The summed E-state index contributed by atoms with van der Waals surface area (Å²) in [5, 5.41) is 9.88. The molecule has 6 atom stereocenters. The van der Waals surface area contributed by atoms with Crippen molar-refractivity contribution < 1.29 is 19.5 Å². The lowest BCUT2D eigenvalue weighted by Crippen LogP contribution is -2.56. The number of halogens is 2. The van der Waals surface area contributed by atoms with Crippen molar-refractivity contribution in [1.82, 2.24) is 9.80 Å². The Bertz CT molecular complexity index is 1100. The first-order chi connectivity index (χ1) is 18.7. The number of likely N-dealkylation sites (tertiary alicyclic amines) is 1. The van der Waals surface area contributed by atoms with E-state index in [4.69, 9.17) is 11.6 Å². The molecule has 3 fully saturated rings. The molecule has 0 aliphatic carbocycles. The van der Waals surface area contributed by atoms with Crippen LogP contribution in [-0.4, -0.2) is 86.3 Å². The average Bonchev–Trinajstić information content (AvgIpc) is 3.50. The Morgan fingerprint density at radius 2 is 1.90 bits per heavy atom. The average molecular weight is 639 g/mol. The molecule has 39 heavy (non-hydrogen) atoms. The molecule has 1 aromatic carbocycles. The first kappa shape index (κ1) is 30.2. The van der Waals surface area contributed by atoms with Gasteiger partial charge in [-0.1, -0.05) is 46.6 Å². The molecule has 4 rings (SSSR count). The van der Waals surface area contributed by atoms with E-state index >= 15 is 0 Å². The highest BCUT2D eigenvalue weighted by molar-refractivity contribution is 9.09. The number of unbranched alkanes of at least 4 members (excludes halogenated alkanes) is 1. The van der Waals surface area contributed by atoms with Crippen LogP contribution in [0.3, 0.4) is 0 Å². The summed E-state index contributed by atoms with van der Waals surface area (Å²) in [5.74, 6) is -1.47. The van der Waals surface area contributed by atoms with Gasteiger partial charge in [0.1, 0.15) is 6.04 Å². The molecule has 1 aromatic rings. The standard InChI is InChI=1S/C29H37BrClN3O4S/c1-4-13-32(14-5-2)26(36)22-23-27(37)34(16-7-8-17-35)25(29(23)18-21(30)24(22)39-29)28(38)33(15-6-3)20-11-9-19(31)10-12-20/h4,6,9-12,21-25,35H,1,3,5,7-8,13-18H2,2H3/t21?,22-,23-,24-,25?,29?/m0/s1. The molecule has 1 spiro atoms. The number of carbonyl (C=O) groups is 3. The first-order valence-corrected chi connectivity index (χ1v) is 15.7. The van der Waals surface area contributed by atoms with Crippen molar-refractivity contribution in [2.24, 2.45) is 11.8 Å². The molecule has 7 nitrogen and oxygen atoms in total. The van der Waals surface area contributed by atoms with E-state index in [2.05, 4.69) is 29.1 Å². The van der Waals surface area contributed by atoms with Crippen molar-refractivity contribution in [1.29, 1.82) is 0 Å². The van der Waals surface area contributed by atoms with Gasteiger partial charge in [0.25, 0.3) is 5.91 Å². The zero-order chi connectivity index (χ0) is 28.3. The van der Waals surface area contributed by atoms with Crippen molar-refractivity contribution in [3.63, 3.8) is 0 Å². The number of alkyl halides is 1. The van der Waals surface area contributed by atoms with Crippen LogP contribution in [0.2, 0.25) is 5.02 Å². The summed E-state index contributed by atoms with van der Waals surface area (Å²) in [6, 6.07) is 6.32. The molecule has 10 heteroatoms. The summed E-state index contributed by atoms with van der Waals surface area (Å²) >= 11 is 11.6. The second-order valence-electron chi connectivity index (χ2n) is 10.4. The second kappa shape index (κ2) is 12.8. The number of rotatable bonds is 13. The third-order valence-corrected chi connectivity index (χ3v) is 11.5. The molecule has 3 saturated heterocycles. The lowest BCUT2D eigenvalue weighted by molar-refractivity contribution is -0.143. The molecule has 0 aromatic heterocycles. The summed E-state index contributed by atoms with van der Waals surface area (Å²) in [4.78, 5) is 47.9. The summed E-state index contributed by atoms with van der Waals surface area (Å²) in [6.45, 7) is 11.4. The molecule has 1 N–H and O–H groups in total. The highest BCUT2D eigenvalue weighted by atomic mass is 79.9. The van der Waals surface area contributed by atoms with E-state index in [9.17, 15) is 19.5 Å². The molecule has 3 aliphatic rings. The second-order valence-corrected chi connectivity index (χ2v) is 13.6. The summed E-state index contributed by atoms with van der Waals surface area (Å²) in [7, 11) is 0. The minimum Gasteiger partial charge on any atom is -0.396 e. The van der Waals surface area contributed by atoms with Gasteiger partial charge in [-0.2, -0.15) is 0 Å². The minimum absolute atomic E-state index is 0.00351. The predicted molar refractivity (Wildman–Crippen MR) is 161 cm³/mol. The number of thioether (sulfide) groups is 1. The van der Waals surface area contributed by atoms with Crippen molar-refractivity contribution in [3.05, 3.63) is 54.6 Å². The van der Waals surface area contributed by atoms with Crippen LogP contribution in [0.4, 0.5) is 5.69 Å². The maximum atomic E-state index is 14.5. The van der Waals surface area contributed by atoms with Crippen molar-refractivity contribution in [2.45, 2.75) is 53.5 Å². The van der Waals surface area contributed by atoms with E-state index in [0.29, 0.717) is 49.6 Å². The third-order valence-electron chi connectivity index (χ3n) is 7.99. The van der Waals surface area contributed by atoms with Crippen LogP contribution in [0.25, 0.3) is 0 Å². The Labute approximate surface area is 248 Å². The maximum absolute atomic E-state index is 14.5. The fourth-order valence-electron chi connectivity index (χ4n) is 6.47. The highest BCUT2D eigenvalue weighted by Crippen LogP contribution is 2.68. The smallest absolute Gasteiger partial charge is 0.251 e. The number of carbonyl (C=O) groups excluding carboxylic acids is 3. The third kappa shape index (κ3) is 5.44. The van der Waals surface area contributed by atoms with E-state index in [1.165, 1.54) is 0 Å². The molecular weight excluding hydrogens is 602 g/mol. The van der Waals surface area contributed by atoms with Crippen molar-refractivity contribution in [2.75, 3.05) is 37.7 Å². The minimum atomic E-state index is -0.740. The monoisotopic (exact) mass is 637 g/mol. The van der Waals surface area contributed by atoms with Crippen molar-refractivity contribution >= 4 is 62.7 Å². The number of nitrogens with zero attached hydrogens (tertiary/aromatic N) is 3. The van der Waals surface area contributed by atoms with Crippen LogP contribution in [0.1, 0.15) is 32.6 Å². The van der Waals surface area contributed by atoms with Gasteiger partial charge in [-0.15, -0.1) is 24.9 Å². The zero-order valence-electron chi connectivity index (χ0n) is 22.3. The van der Waals surface area contributed by atoms with Gasteiger partial charge in [-0.3, -0.25) is 14.4 Å². The van der Waals surface area contributed by atoms with Gasteiger partial charge in [0.15, 0.2) is 0 Å². The first-order valence-electron chi connectivity index (χ1n) is 13.6. The SMILES string of the molecule is C=CCN(CCC)C(=O)[C@H]1[C@H]2C(=O)N(CCCCO)C(C(=O)N(CC=C)c3ccc(Cl)cc3)C23CC(Br)[C@@H]1S3. The molecule has 3 aliphatic heterocycles. The highest BCUT2D eigenvalue weighted by Gasteiger charge is 2.76. The predicted octanol–water partition coefficient (Wildman–Crippen LogP) is 4.52. The number of hydrogen-bond acceptors (Lipinski definition) is 5. The van der Waals surface area contributed by atoms with Crippen molar-refractivity contribution in [3.8, 4) is 0 Å². The molecular formula is C29H37BrClN3O4S. The van der Waals surface area contributed by atoms with Gasteiger partial charge in [0.2, 0.25) is 11.8 Å². The molecule has 0 saturated carbocycles. The number of aliphatic hydroxyl groups is 1. The Kier molecular flexibility index (Phi) is 9.89. The molecule has 0 radical (unpaired) electrons. The van der Waals surface area contributed by atoms with Gasteiger partial charge < -0.3 is 19.8 Å². The lowest BCUT2D eigenvalue weighted by Gasteiger charge is -2.38. The van der Waals surface area contributed by atoms with Gasteiger partial charge >= 0.3 is 0 Å². The van der Waals surface area contributed by atoms with E-state index < -0.39 is 22.6 Å². The quantitative estimate of drug-likeness (QED) is 0.195. The number of amides is 3. The zero-order valence-corrected chi connectivity index (χ0v) is 25.5. The normalized spacial score (nSPS) is 28.9. The van der Waals surface area contributed by atoms with Gasteiger partial charge in [-0.25, -0.2) is 0 Å². The van der Waals surface area contributed by atoms with Gasteiger partial charge in [0, 0.05) is 53.6 Å². The molecule has 212 valence electrons. The van der Waals surface area contributed by atoms with Crippen LogP contribution >= 0.6 is 39.3 Å². The molecule has 3 heterocycles. The molecule has 3 unspecified atom stereocenters. The fraction of sp³-hybridized carbons (Fsp3) is 0.552. The largest absolute Gasteiger partial charge is 0.396 e.